The summed E-state index contributed by atoms with van der Waals surface area (Å²) in [4.78, 5) is 14.3. The molecule has 1 heterocycles. The van der Waals surface area contributed by atoms with E-state index in [0.717, 1.165) is 36.3 Å². The normalized spacial score (nSPS) is 19.5. The molecule has 1 aromatic rings. The van der Waals surface area contributed by atoms with Crippen LogP contribution in [0.4, 0.5) is 5.69 Å². The Bertz CT molecular complexity index is 428. The van der Waals surface area contributed by atoms with Gasteiger partial charge in [0.25, 0.3) is 5.91 Å². The van der Waals surface area contributed by atoms with Crippen molar-refractivity contribution in [1.29, 1.82) is 0 Å². The molecule has 3 nitrogen and oxygen atoms in total. The van der Waals surface area contributed by atoms with Crippen molar-refractivity contribution in [3.63, 3.8) is 0 Å². The first-order valence-corrected chi connectivity index (χ1v) is 6.19. The summed E-state index contributed by atoms with van der Waals surface area (Å²) >= 11 is 0. The van der Waals surface area contributed by atoms with Crippen molar-refractivity contribution < 1.29 is 4.79 Å². The zero-order valence-corrected chi connectivity index (χ0v) is 10.8. The summed E-state index contributed by atoms with van der Waals surface area (Å²) in [5, 5.41) is 3.09. The minimum absolute atomic E-state index is 0.175. The van der Waals surface area contributed by atoms with Crippen LogP contribution in [0.2, 0.25) is 0 Å². The molecule has 1 N–H and O–H groups in total. The van der Waals surface area contributed by atoms with E-state index in [4.69, 9.17) is 0 Å². The summed E-state index contributed by atoms with van der Waals surface area (Å²) in [5.41, 5.74) is 2.92. The fourth-order valence-electron chi connectivity index (χ4n) is 2.35. The van der Waals surface area contributed by atoms with E-state index in [0.29, 0.717) is 5.92 Å². The highest BCUT2D eigenvalue weighted by Gasteiger charge is 2.24. The molecular formula is C14H20N2O. The molecule has 17 heavy (non-hydrogen) atoms. The van der Waals surface area contributed by atoms with Gasteiger partial charge in [-0.05, 0) is 43.0 Å². The van der Waals surface area contributed by atoms with Gasteiger partial charge >= 0.3 is 0 Å². The van der Waals surface area contributed by atoms with Crippen LogP contribution in [0.25, 0.3) is 0 Å². The largest absolute Gasteiger partial charge is 0.388 e. The highest BCUT2D eigenvalue weighted by molar-refractivity contribution is 5.96. The summed E-state index contributed by atoms with van der Waals surface area (Å²) in [6, 6.07) is 5.90. The van der Waals surface area contributed by atoms with Crippen LogP contribution in [-0.4, -0.2) is 30.9 Å². The Labute approximate surface area is 103 Å². The predicted molar refractivity (Wildman–Crippen MR) is 70.4 cm³/mol. The monoisotopic (exact) mass is 232 g/mol. The number of nitrogens with one attached hydrogen (secondary N) is 1. The minimum Gasteiger partial charge on any atom is -0.388 e. The number of nitrogens with zero attached hydrogens (tertiary/aromatic N) is 1. The van der Waals surface area contributed by atoms with Crippen LogP contribution in [0.15, 0.2) is 18.2 Å². The average molecular weight is 232 g/mol. The Balaban J connectivity index is 2.19. The van der Waals surface area contributed by atoms with Crippen molar-refractivity contribution in [2.45, 2.75) is 20.3 Å². The minimum atomic E-state index is 0.175. The van der Waals surface area contributed by atoms with Gasteiger partial charge in [-0.1, -0.05) is 6.92 Å². The second kappa shape index (κ2) is 4.78. The maximum atomic E-state index is 12.3. The summed E-state index contributed by atoms with van der Waals surface area (Å²) in [7, 11) is 1.89. The molecule has 92 valence electrons. The van der Waals surface area contributed by atoms with Crippen LogP contribution < -0.4 is 5.32 Å². The Morgan fingerprint density at radius 2 is 2.24 bits per heavy atom. The lowest BCUT2D eigenvalue weighted by molar-refractivity contribution is 0.0787. The van der Waals surface area contributed by atoms with Gasteiger partial charge in [-0.25, -0.2) is 0 Å². The van der Waals surface area contributed by atoms with Crippen molar-refractivity contribution in [2.75, 3.05) is 25.5 Å². The van der Waals surface area contributed by atoms with Crippen LogP contribution in [0.1, 0.15) is 29.3 Å². The van der Waals surface area contributed by atoms with Gasteiger partial charge in [-0.15, -0.1) is 0 Å². The molecule has 0 aromatic heterocycles. The van der Waals surface area contributed by atoms with Gasteiger partial charge in [0.15, 0.2) is 0 Å². The summed E-state index contributed by atoms with van der Waals surface area (Å²) < 4.78 is 0. The van der Waals surface area contributed by atoms with Crippen LogP contribution in [0, 0.1) is 12.8 Å². The predicted octanol–water partition coefficient (Wildman–Crippen LogP) is 2.52. The Morgan fingerprint density at radius 1 is 1.47 bits per heavy atom. The molecule has 1 aliphatic rings. The quantitative estimate of drug-likeness (QED) is 0.849. The topological polar surface area (TPSA) is 32.3 Å². The first-order valence-electron chi connectivity index (χ1n) is 6.19. The van der Waals surface area contributed by atoms with Crippen LogP contribution in [0.5, 0.6) is 0 Å². The molecule has 1 fully saturated rings. The molecule has 0 saturated carbocycles. The van der Waals surface area contributed by atoms with E-state index in [9.17, 15) is 4.79 Å². The molecule has 1 atom stereocenters. The lowest BCUT2D eigenvalue weighted by atomic mass is 10.1. The highest BCUT2D eigenvalue weighted by atomic mass is 16.2. The molecule has 0 bridgehead atoms. The molecular weight excluding hydrogens is 212 g/mol. The molecule has 1 amide bonds. The third-order valence-electron chi connectivity index (χ3n) is 3.46. The van der Waals surface area contributed by atoms with E-state index in [2.05, 4.69) is 12.2 Å². The number of carbonyl (C=O) groups excluding carboxylic acids is 1. The summed E-state index contributed by atoms with van der Waals surface area (Å²) in [6.07, 6.45) is 1.12. The average Bonchev–Trinajstić information content (AvgIpc) is 2.75. The number of aryl methyl sites for hydroxylation is 1. The maximum absolute atomic E-state index is 12.3. The van der Waals surface area contributed by atoms with E-state index < -0.39 is 0 Å². The third-order valence-corrected chi connectivity index (χ3v) is 3.46. The van der Waals surface area contributed by atoms with Crippen LogP contribution >= 0.6 is 0 Å². The highest BCUT2D eigenvalue weighted by Crippen LogP contribution is 2.21. The number of amides is 1. The van der Waals surface area contributed by atoms with Crippen molar-refractivity contribution >= 4 is 11.6 Å². The van der Waals surface area contributed by atoms with Crippen molar-refractivity contribution in [1.82, 2.24) is 4.90 Å². The smallest absolute Gasteiger partial charge is 0.254 e. The standard InChI is InChI=1S/C14H20N2O/c1-10-6-7-16(9-10)14(17)13-5-4-12(15-3)8-11(13)2/h4-5,8,10,15H,6-7,9H2,1-3H3. The van der Waals surface area contributed by atoms with E-state index >= 15 is 0 Å². The zero-order chi connectivity index (χ0) is 12.4. The molecule has 0 spiro atoms. The van der Waals surface area contributed by atoms with Gasteiger partial charge in [0.2, 0.25) is 0 Å². The Morgan fingerprint density at radius 3 is 2.76 bits per heavy atom. The lowest BCUT2D eigenvalue weighted by Gasteiger charge is -2.17. The molecule has 0 radical (unpaired) electrons. The Hall–Kier alpha value is -1.51. The molecule has 3 heteroatoms. The van der Waals surface area contributed by atoms with Gasteiger partial charge in [-0.3, -0.25) is 4.79 Å². The summed E-state index contributed by atoms with van der Waals surface area (Å²) in [5.74, 6) is 0.811. The second-order valence-corrected chi connectivity index (χ2v) is 4.92. The fourth-order valence-corrected chi connectivity index (χ4v) is 2.35. The van der Waals surface area contributed by atoms with E-state index in [1.807, 2.05) is 37.1 Å². The zero-order valence-electron chi connectivity index (χ0n) is 10.8. The number of carbonyl (C=O) groups is 1. The van der Waals surface area contributed by atoms with Gasteiger partial charge in [0.1, 0.15) is 0 Å². The third kappa shape index (κ3) is 2.43. The van der Waals surface area contributed by atoms with Gasteiger partial charge in [-0.2, -0.15) is 0 Å². The van der Waals surface area contributed by atoms with Crippen LogP contribution in [-0.2, 0) is 0 Å². The Kier molecular flexibility index (Phi) is 3.36. The number of benzene rings is 1. The number of rotatable bonds is 2. The lowest BCUT2D eigenvalue weighted by Crippen LogP contribution is -2.29. The molecule has 2 rings (SSSR count). The molecule has 1 aromatic carbocycles. The van der Waals surface area contributed by atoms with Gasteiger partial charge < -0.3 is 10.2 Å². The molecule has 1 aliphatic heterocycles. The number of likely N-dealkylation sites (tertiary alicyclic amines) is 1. The first kappa shape index (κ1) is 12.0. The summed E-state index contributed by atoms with van der Waals surface area (Å²) in [6.45, 7) is 5.98. The fraction of sp³-hybridized carbons (Fsp3) is 0.500. The number of hydrogen-bond donors (Lipinski definition) is 1. The van der Waals surface area contributed by atoms with Crippen molar-refractivity contribution in [3.05, 3.63) is 29.3 Å². The molecule has 0 aliphatic carbocycles. The first-order chi connectivity index (χ1) is 8.11. The SMILES string of the molecule is CNc1ccc(C(=O)N2CCC(C)C2)c(C)c1. The number of anilines is 1. The molecule has 1 unspecified atom stereocenters. The maximum Gasteiger partial charge on any atom is 0.254 e. The van der Waals surface area contributed by atoms with E-state index in [1.165, 1.54) is 0 Å². The molecule has 1 saturated heterocycles. The number of hydrogen-bond acceptors (Lipinski definition) is 2. The second-order valence-electron chi connectivity index (χ2n) is 4.92. The van der Waals surface area contributed by atoms with E-state index in [-0.39, 0.29) is 5.91 Å². The van der Waals surface area contributed by atoms with Crippen molar-refractivity contribution in [3.8, 4) is 0 Å². The van der Waals surface area contributed by atoms with Gasteiger partial charge in [0.05, 0.1) is 0 Å². The van der Waals surface area contributed by atoms with Gasteiger partial charge in [0, 0.05) is 31.4 Å². The van der Waals surface area contributed by atoms with Crippen molar-refractivity contribution in [2.24, 2.45) is 5.92 Å². The van der Waals surface area contributed by atoms with E-state index in [1.54, 1.807) is 0 Å². The van der Waals surface area contributed by atoms with Crippen LogP contribution in [0.3, 0.4) is 0 Å².